The van der Waals surface area contributed by atoms with Gasteiger partial charge in [-0.05, 0) is 29.2 Å². The van der Waals surface area contributed by atoms with Crippen molar-refractivity contribution in [2.75, 3.05) is 0 Å². The van der Waals surface area contributed by atoms with Gasteiger partial charge in [0.2, 0.25) is 5.89 Å². The first-order valence-corrected chi connectivity index (χ1v) is 6.04. The van der Waals surface area contributed by atoms with Gasteiger partial charge >= 0.3 is 0 Å². The van der Waals surface area contributed by atoms with Crippen molar-refractivity contribution in [3.05, 3.63) is 54.6 Å². The lowest BCUT2D eigenvalue weighted by atomic mass is 10.1. The second-order valence-corrected chi connectivity index (χ2v) is 4.19. The molecule has 0 atom stereocenters. The maximum atomic E-state index is 5.26. The fourth-order valence-corrected chi connectivity index (χ4v) is 1.97. The van der Waals surface area contributed by atoms with Crippen LogP contribution in [-0.4, -0.2) is 9.97 Å². The Hall–Kier alpha value is -2.29. The van der Waals surface area contributed by atoms with Gasteiger partial charge < -0.3 is 9.40 Å². The van der Waals surface area contributed by atoms with E-state index < -0.39 is 0 Å². The molecular formula is C15H14N2O. The third-order valence-corrected chi connectivity index (χ3v) is 3.04. The third-order valence-electron chi connectivity index (χ3n) is 3.04. The lowest BCUT2D eigenvalue weighted by Gasteiger charge is -1.99. The van der Waals surface area contributed by atoms with Crippen LogP contribution in [0.2, 0.25) is 0 Å². The van der Waals surface area contributed by atoms with Crippen molar-refractivity contribution in [2.24, 2.45) is 0 Å². The summed E-state index contributed by atoms with van der Waals surface area (Å²) in [5, 5.41) is 0. The summed E-state index contributed by atoms with van der Waals surface area (Å²) in [6.07, 6.45) is 6.26. The number of rotatable bonds is 3. The minimum Gasteiger partial charge on any atom is -0.443 e. The second-order valence-electron chi connectivity index (χ2n) is 4.19. The molecular weight excluding hydrogens is 224 g/mol. The highest BCUT2D eigenvalue weighted by Crippen LogP contribution is 2.25. The molecule has 0 amide bonds. The molecule has 18 heavy (non-hydrogen) atoms. The van der Waals surface area contributed by atoms with Crippen molar-refractivity contribution in [2.45, 2.75) is 13.3 Å². The quantitative estimate of drug-likeness (QED) is 0.751. The van der Waals surface area contributed by atoms with Crippen LogP contribution in [0.3, 0.4) is 0 Å². The number of nitrogens with one attached hydrogen (secondary N) is 1. The monoisotopic (exact) mass is 238 g/mol. The van der Waals surface area contributed by atoms with E-state index in [1.54, 1.807) is 12.5 Å². The van der Waals surface area contributed by atoms with Gasteiger partial charge in [0.15, 0.2) is 0 Å². The Bertz CT molecular complexity index is 621. The minimum atomic E-state index is 0.617. The maximum Gasteiger partial charge on any atom is 0.242 e. The van der Waals surface area contributed by atoms with E-state index in [9.17, 15) is 0 Å². The zero-order valence-corrected chi connectivity index (χ0v) is 10.2. The smallest absolute Gasteiger partial charge is 0.242 e. The Morgan fingerprint density at radius 2 is 2.00 bits per heavy atom. The normalized spacial score (nSPS) is 10.7. The Morgan fingerprint density at radius 1 is 1.17 bits per heavy atom. The summed E-state index contributed by atoms with van der Waals surface area (Å²) in [6.45, 7) is 2.16. The molecule has 0 spiro atoms. The number of aryl methyl sites for hydroxylation is 1. The van der Waals surface area contributed by atoms with Crippen molar-refractivity contribution >= 4 is 0 Å². The molecule has 3 rings (SSSR count). The van der Waals surface area contributed by atoms with Gasteiger partial charge in [0.25, 0.3) is 0 Å². The summed E-state index contributed by atoms with van der Waals surface area (Å²) in [7, 11) is 0. The summed E-state index contributed by atoms with van der Waals surface area (Å²) in [5.74, 6) is 0.617. The van der Waals surface area contributed by atoms with Crippen molar-refractivity contribution in [1.82, 2.24) is 9.97 Å². The van der Waals surface area contributed by atoms with Crippen LogP contribution < -0.4 is 0 Å². The van der Waals surface area contributed by atoms with E-state index >= 15 is 0 Å². The number of H-pyrrole nitrogens is 1. The predicted octanol–water partition coefficient (Wildman–Crippen LogP) is 3.90. The highest BCUT2D eigenvalue weighted by Gasteiger charge is 2.06. The van der Waals surface area contributed by atoms with Gasteiger partial charge in [-0.3, -0.25) is 0 Å². The molecule has 1 N–H and O–H groups in total. The summed E-state index contributed by atoms with van der Waals surface area (Å²) >= 11 is 0. The Balaban J connectivity index is 1.92. The fraction of sp³-hybridized carbons (Fsp3) is 0.133. The minimum absolute atomic E-state index is 0.617. The van der Waals surface area contributed by atoms with Gasteiger partial charge in [0.05, 0.1) is 6.20 Å². The number of aromatic amines is 1. The van der Waals surface area contributed by atoms with Crippen LogP contribution in [0.4, 0.5) is 0 Å². The second kappa shape index (κ2) is 4.53. The largest absolute Gasteiger partial charge is 0.443 e. The zero-order valence-electron chi connectivity index (χ0n) is 10.2. The lowest BCUT2D eigenvalue weighted by molar-refractivity contribution is 0.572. The molecule has 0 aliphatic rings. The van der Waals surface area contributed by atoms with E-state index in [4.69, 9.17) is 4.42 Å². The summed E-state index contributed by atoms with van der Waals surface area (Å²) < 4.78 is 5.26. The number of aromatic nitrogens is 2. The molecule has 0 unspecified atom stereocenters. The van der Waals surface area contributed by atoms with Gasteiger partial charge in [-0.1, -0.05) is 31.2 Å². The molecule has 0 saturated heterocycles. The van der Waals surface area contributed by atoms with Crippen molar-refractivity contribution in [3.63, 3.8) is 0 Å². The standard InChI is InChI=1S/C15H14N2O/c1-2-11-3-5-12(6-4-11)13-9-14(17-10-13)15-16-7-8-18-15/h3-10,17H,2H2,1H3. The van der Waals surface area contributed by atoms with Gasteiger partial charge in [-0.15, -0.1) is 0 Å². The van der Waals surface area contributed by atoms with Crippen molar-refractivity contribution in [1.29, 1.82) is 0 Å². The van der Waals surface area contributed by atoms with Gasteiger partial charge in [-0.2, -0.15) is 0 Å². The van der Waals surface area contributed by atoms with E-state index in [0.29, 0.717) is 5.89 Å². The first-order valence-electron chi connectivity index (χ1n) is 6.04. The first kappa shape index (κ1) is 10.8. The highest BCUT2D eigenvalue weighted by molar-refractivity contribution is 5.68. The Kier molecular flexibility index (Phi) is 2.73. The Morgan fingerprint density at radius 3 is 2.67 bits per heavy atom. The number of nitrogens with zero attached hydrogens (tertiary/aromatic N) is 1. The van der Waals surface area contributed by atoms with Crippen LogP contribution in [0.5, 0.6) is 0 Å². The molecule has 3 aromatic rings. The van der Waals surface area contributed by atoms with E-state index in [0.717, 1.165) is 17.7 Å². The average molecular weight is 238 g/mol. The molecule has 0 saturated carbocycles. The zero-order chi connectivity index (χ0) is 12.4. The molecule has 0 aliphatic heterocycles. The van der Waals surface area contributed by atoms with Crippen LogP contribution in [0.25, 0.3) is 22.7 Å². The molecule has 0 radical (unpaired) electrons. The van der Waals surface area contributed by atoms with Gasteiger partial charge in [0, 0.05) is 6.20 Å². The van der Waals surface area contributed by atoms with Crippen molar-refractivity contribution < 1.29 is 4.42 Å². The number of hydrogen-bond donors (Lipinski definition) is 1. The first-order chi connectivity index (χ1) is 8.86. The Labute approximate surface area is 105 Å². The van der Waals surface area contributed by atoms with Gasteiger partial charge in [0.1, 0.15) is 12.0 Å². The predicted molar refractivity (Wildman–Crippen MR) is 71.1 cm³/mol. The fourth-order valence-electron chi connectivity index (χ4n) is 1.97. The van der Waals surface area contributed by atoms with E-state index in [1.165, 1.54) is 11.1 Å². The summed E-state index contributed by atoms with van der Waals surface area (Å²) in [6, 6.07) is 10.6. The molecule has 0 bridgehead atoms. The average Bonchev–Trinajstić information content (AvgIpc) is 3.09. The van der Waals surface area contributed by atoms with E-state index in [2.05, 4.69) is 41.2 Å². The van der Waals surface area contributed by atoms with Crippen LogP contribution >= 0.6 is 0 Å². The molecule has 1 aromatic carbocycles. The van der Waals surface area contributed by atoms with Crippen LogP contribution in [-0.2, 0) is 6.42 Å². The van der Waals surface area contributed by atoms with Gasteiger partial charge in [-0.25, -0.2) is 4.98 Å². The van der Waals surface area contributed by atoms with Crippen molar-refractivity contribution in [3.8, 4) is 22.7 Å². The lowest BCUT2D eigenvalue weighted by Crippen LogP contribution is -1.79. The molecule has 90 valence electrons. The molecule has 2 aromatic heterocycles. The number of hydrogen-bond acceptors (Lipinski definition) is 2. The third kappa shape index (κ3) is 1.95. The maximum absolute atomic E-state index is 5.26. The topological polar surface area (TPSA) is 41.8 Å². The number of oxazole rings is 1. The molecule has 0 fully saturated rings. The highest BCUT2D eigenvalue weighted by atomic mass is 16.3. The molecule has 2 heterocycles. The SMILES string of the molecule is CCc1ccc(-c2c[nH]c(-c3ncco3)c2)cc1. The van der Waals surface area contributed by atoms with Crippen LogP contribution in [0.15, 0.2) is 53.4 Å². The van der Waals surface area contributed by atoms with E-state index in [1.807, 2.05) is 12.3 Å². The van der Waals surface area contributed by atoms with Crippen LogP contribution in [0.1, 0.15) is 12.5 Å². The number of benzene rings is 1. The summed E-state index contributed by atoms with van der Waals surface area (Å²) in [5.41, 5.74) is 4.59. The molecule has 0 aliphatic carbocycles. The molecule has 3 nitrogen and oxygen atoms in total. The summed E-state index contributed by atoms with van der Waals surface area (Å²) in [4.78, 5) is 7.30. The molecule has 3 heteroatoms. The van der Waals surface area contributed by atoms with Crippen LogP contribution in [0, 0.1) is 0 Å². The van der Waals surface area contributed by atoms with E-state index in [-0.39, 0.29) is 0 Å².